The predicted molar refractivity (Wildman–Crippen MR) is 86.1 cm³/mol. The Hall–Kier alpha value is -1.27. The molecule has 0 aliphatic rings. The first-order valence-electron chi connectivity index (χ1n) is 6.54. The molecule has 0 aliphatic carbocycles. The maximum atomic E-state index is 11.9. The Balaban J connectivity index is 2.84. The molecule has 0 aliphatic heterocycles. The summed E-state index contributed by atoms with van der Waals surface area (Å²) in [7, 11) is -3.48. The standard InChI is InChI=1S/C14H21ClN2O3S/c1-14(2,3)13(18)16-9-10-17(21(4,19)20)12-8-6-5-7-11(12)15/h5-8H,9-10H2,1-4H3,(H,16,18). The number of hydrogen-bond donors (Lipinski definition) is 1. The van der Waals surface area contributed by atoms with Gasteiger partial charge in [0.05, 0.1) is 23.5 Å². The number of halogens is 1. The van der Waals surface area contributed by atoms with Gasteiger partial charge in [-0.3, -0.25) is 9.10 Å². The SMILES string of the molecule is CC(C)(C)C(=O)NCCN(c1ccccc1Cl)S(C)(=O)=O. The second kappa shape index (κ2) is 6.66. The normalized spacial score (nSPS) is 12.0. The number of nitrogens with one attached hydrogen (secondary N) is 1. The van der Waals surface area contributed by atoms with E-state index in [4.69, 9.17) is 11.6 Å². The molecule has 1 aromatic carbocycles. The van der Waals surface area contributed by atoms with Gasteiger partial charge in [-0.2, -0.15) is 0 Å². The summed E-state index contributed by atoms with van der Waals surface area (Å²) in [5, 5.41) is 3.08. The molecule has 0 saturated heterocycles. The Kier molecular flexibility index (Phi) is 5.64. The molecule has 0 bridgehead atoms. The van der Waals surface area contributed by atoms with Crippen LogP contribution in [0, 0.1) is 5.41 Å². The van der Waals surface area contributed by atoms with Crippen molar-refractivity contribution in [1.82, 2.24) is 5.32 Å². The maximum absolute atomic E-state index is 11.9. The molecule has 7 heteroatoms. The number of amides is 1. The fraction of sp³-hybridized carbons (Fsp3) is 0.500. The number of carbonyl (C=O) groups is 1. The molecule has 1 amide bonds. The minimum atomic E-state index is -3.48. The molecule has 1 aromatic rings. The van der Waals surface area contributed by atoms with Crippen LogP contribution < -0.4 is 9.62 Å². The van der Waals surface area contributed by atoms with Gasteiger partial charge in [-0.25, -0.2) is 8.42 Å². The zero-order valence-electron chi connectivity index (χ0n) is 12.7. The van der Waals surface area contributed by atoms with Crippen LogP contribution in [0.1, 0.15) is 20.8 Å². The van der Waals surface area contributed by atoms with E-state index in [1.807, 2.05) is 0 Å². The van der Waals surface area contributed by atoms with Crippen LogP contribution in [0.15, 0.2) is 24.3 Å². The second-order valence-electron chi connectivity index (χ2n) is 5.79. The number of para-hydroxylation sites is 1. The molecule has 0 spiro atoms. The number of rotatable bonds is 5. The average Bonchev–Trinajstić information content (AvgIpc) is 2.33. The fourth-order valence-electron chi connectivity index (χ4n) is 1.66. The molecule has 0 fully saturated rings. The third-order valence-corrected chi connectivity index (χ3v) is 4.30. The van der Waals surface area contributed by atoms with Gasteiger partial charge in [0.2, 0.25) is 15.9 Å². The third-order valence-electron chi connectivity index (χ3n) is 2.80. The Morgan fingerprint density at radius 3 is 2.33 bits per heavy atom. The van der Waals surface area contributed by atoms with Gasteiger partial charge in [0.1, 0.15) is 0 Å². The summed E-state index contributed by atoms with van der Waals surface area (Å²) in [4.78, 5) is 11.8. The highest BCUT2D eigenvalue weighted by Gasteiger charge is 2.23. The Bertz CT molecular complexity index is 609. The number of anilines is 1. The van der Waals surface area contributed by atoms with Crippen molar-refractivity contribution in [2.45, 2.75) is 20.8 Å². The molecular formula is C14H21ClN2O3S. The monoisotopic (exact) mass is 332 g/mol. The first kappa shape index (κ1) is 17.8. The summed E-state index contributed by atoms with van der Waals surface area (Å²) in [6, 6.07) is 6.71. The van der Waals surface area contributed by atoms with E-state index in [1.165, 1.54) is 4.31 Å². The highest BCUT2D eigenvalue weighted by atomic mass is 35.5. The van der Waals surface area contributed by atoms with E-state index in [-0.39, 0.29) is 19.0 Å². The van der Waals surface area contributed by atoms with Gasteiger partial charge < -0.3 is 5.32 Å². The maximum Gasteiger partial charge on any atom is 0.232 e. The summed E-state index contributed by atoms with van der Waals surface area (Å²) in [5.41, 5.74) is -0.105. The molecular weight excluding hydrogens is 312 g/mol. The molecule has 1 N–H and O–H groups in total. The van der Waals surface area contributed by atoms with Crippen molar-refractivity contribution >= 4 is 33.2 Å². The summed E-state index contributed by atoms with van der Waals surface area (Å²) in [5.74, 6) is -0.130. The van der Waals surface area contributed by atoms with Crippen LogP contribution in [-0.4, -0.2) is 33.7 Å². The fourth-order valence-corrected chi connectivity index (χ4v) is 2.88. The topological polar surface area (TPSA) is 66.5 Å². The lowest BCUT2D eigenvalue weighted by Crippen LogP contribution is -2.41. The Labute approximate surface area is 131 Å². The van der Waals surface area contributed by atoms with Gasteiger partial charge in [0, 0.05) is 12.0 Å². The average molecular weight is 333 g/mol. The molecule has 1 rings (SSSR count). The minimum absolute atomic E-state index is 0.129. The van der Waals surface area contributed by atoms with E-state index in [0.29, 0.717) is 10.7 Å². The van der Waals surface area contributed by atoms with Gasteiger partial charge >= 0.3 is 0 Å². The van der Waals surface area contributed by atoms with Gasteiger partial charge in [0.25, 0.3) is 0 Å². The Morgan fingerprint density at radius 2 is 1.86 bits per heavy atom. The summed E-state index contributed by atoms with van der Waals surface area (Å²) in [6.07, 6.45) is 1.11. The molecule has 5 nitrogen and oxygen atoms in total. The molecule has 0 radical (unpaired) electrons. The molecule has 0 atom stereocenters. The van der Waals surface area contributed by atoms with Crippen LogP contribution in [0.25, 0.3) is 0 Å². The molecule has 0 unspecified atom stereocenters. The molecule has 0 aromatic heterocycles. The van der Waals surface area contributed by atoms with Crippen LogP contribution in [0.2, 0.25) is 5.02 Å². The first-order valence-corrected chi connectivity index (χ1v) is 8.76. The van der Waals surface area contributed by atoms with Crippen molar-refractivity contribution in [3.63, 3.8) is 0 Å². The Morgan fingerprint density at radius 1 is 1.29 bits per heavy atom. The van der Waals surface area contributed by atoms with Gasteiger partial charge in [-0.1, -0.05) is 44.5 Å². The van der Waals surface area contributed by atoms with Crippen molar-refractivity contribution in [3.8, 4) is 0 Å². The lowest BCUT2D eigenvalue weighted by molar-refractivity contribution is -0.128. The zero-order valence-corrected chi connectivity index (χ0v) is 14.3. The summed E-state index contributed by atoms with van der Waals surface area (Å²) >= 11 is 6.05. The van der Waals surface area contributed by atoms with Crippen LogP contribution in [0.5, 0.6) is 0 Å². The molecule has 0 saturated carbocycles. The largest absolute Gasteiger partial charge is 0.354 e. The van der Waals surface area contributed by atoms with Crippen LogP contribution in [0.4, 0.5) is 5.69 Å². The van der Waals surface area contributed by atoms with Crippen molar-refractivity contribution in [2.75, 3.05) is 23.7 Å². The first-order chi connectivity index (χ1) is 9.53. The molecule has 118 valence electrons. The third kappa shape index (κ3) is 5.21. The zero-order chi connectivity index (χ0) is 16.3. The number of nitrogens with zero attached hydrogens (tertiary/aromatic N) is 1. The van der Waals surface area contributed by atoms with Crippen molar-refractivity contribution in [1.29, 1.82) is 0 Å². The molecule has 21 heavy (non-hydrogen) atoms. The number of sulfonamides is 1. The number of benzene rings is 1. The lowest BCUT2D eigenvalue weighted by Gasteiger charge is -2.24. The van der Waals surface area contributed by atoms with Crippen LogP contribution in [0.3, 0.4) is 0 Å². The van der Waals surface area contributed by atoms with Gasteiger partial charge in [-0.15, -0.1) is 0 Å². The van der Waals surface area contributed by atoms with E-state index in [2.05, 4.69) is 5.32 Å². The summed E-state index contributed by atoms with van der Waals surface area (Å²) in [6.45, 7) is 5.74. The quantitative estimate of drug-likeness (QED) is 0.899. The number of hydrogen-bond acceptors (Lipinski definition) is 3. The smallest absolute Gasteiger partial charge is 0.232 e. The van der Waals surface area contributed by atoms with E-state index in [9.17, 15) is 13.2 Å². The minimum Gasteiger partial charge on any atom is -0.354 e. The predicted octanol–water partition coefficient (Wildman–Crippen LogP) is 2.27. The van der Waals surface area contributed by atoms with Crippen molar-refractivity contribution in [3.05, 3.63) is 29.3 Å². The van der Waals surface area contributed by atoms with Crippen molar-refractivity contribution < 1.29 is 13.2 Å². The summed E-state index contributed by atoms with van der Waals surface area (Å²) < 4.78 is 25.0. The highest BCUT2D eigenvalue weighted by molar-refractivity contribution is 7.92. The van der Waals surface area contributed by atoms with Crippen LogP contribution in [-0.2, 0) is 14.8 Å². The van der Waals surface area contributed by atoms with E-state index in [0.717, 1.165) is 6.26 Å². The number of carbonyl (C=O) groups excluding carboxylic acids is 1. The van der Waals surface area contributed by atoms with Gasteiger partial charge in [0.15, 0.2) is 0 Å². The molecule has 0 heterocycles. The lowest BCUT2D eigenvalue weighted by atomic mass is 9.96. The highest BCUT2D eigenvalue weighted by Crippen LogP contribution is 2.26. The second-order valence-corrected chi connectivity index (χ2v) is 8.11. The van der Waals surface area contributed by atoms with E-state index >= 15 is 0 Å². The van der Waals surface area contributed by atoms with E-state index < -0.39 is 15.4 Å². The van der Waals surface area contributed by atoms with Crippen LogP contribution >= 0.6 is 11.6 Å². The van der Waals surface area contributed by atoms with E-state index in [1.54, 1.807) is 45.0 Å². The van der Waals surface area contributed by atoms with Crippen molar-refractivity contribution in [2.24, 2.45) is 5.41 Å². The van der Waals surface area contributed by atoms with Gasteiger partial charge in [-0.05, 0) is 12.1 Å².